The van der Waals surface area contributed by atoms with Crippen LogP contribution in [-0.2, 0) is 14.4 Å². The quantitative estimate of drug-likeness (QED) is 0.573. The third-order valence-corrected chi connectivity index (χ3v) is 5.92. The minimum Gasteiger partial charge on any atom is -0.486 e. The maximum Gasteiger partial charge on any atom is 0.243 e. The van der Waals surface area contributed by atoms with Crippen molar-refractivity contribution < 1.29 is 23.9 Å². The Bertz CT molecular complexity index is 839. The Morgan fingerprint density at radius 2 is 1.73 bits per heavy atom. The first-order chi connectivity index (χ1) is 14.5. The van der Waals surface area contributed by atoms with Crippen molar-refractivity contribution in [3.05, 3.63) is 36.4 Å². The zero-order valence-electron chi connectivity index (χ0n) is 17.4. The zero-order valence-corrected chi connectivity index (χ0v) is 17.4. The van der Waals surface area contributed by atoms with Crippen molar-refractivity contribution in [3.8, 4) is 11.5 Å². The number of fused-ring (bicyclic) bond motifs is 2. The average molecular weight is 412 g/mol. The average Bonchev–Trinajstić information content (AvgIpc) is 3.00. The monoisotopic (exact) mass is 412 g/mol. The third-order valence-electron chi connectivity index (χ3n) is 5.92. The molecule has 0 unspecified atom stereocenters. The molecule has 1 N–H and O–H groups in total. The molecule has 1 aromatic rings. The van der Waals surface area contributed by atoms with Gasteiger partial charge in [0.15, 0.2) is 11.5 Å². The van der Waals surface area contributed by atoms with Gasteiger partial charge in [0.2, 0.25) is 17.7 Å². The number of hydrogen-bond acceptors (Lipinski definition) is 5. The van der Waals surface area contributed by atoms with E-state index < -0.39 is 6.04 Å². The normalized spacial score (nSPS) is 26.0. The van der Waals surface area contributed by atoms with E-state index >= 15 is 0 Å². The van der Waals surface area contributed by atoms with E-state index in [-0.39, 0.29) is 48.1 Å². The summed E-state index contributed by atoms with van der Waals surface area (Å²) in [5, 5.41) is 2.88. The highest BCUT2D eigenvalue weighted by atomic mass is 16.6. The first-order valence-corrected chi connectivity index (χ1v) is 10.6. The molecule has 1 fully saturated rings. The molecule has 1 aromatic carbocycles. The fourth-order valence-electron chi connectivity index (χ4n) is 4.41. The van der Waals surface area contributed by atoms with E-state index in [2.05, 4.69) is 5.32 Å². The fraction of sp³-hybridized carbons (Fsp3) is 0.522. The first-order valence-electron chi connectivity index (χ1n) is 10.6. The van der Waals surface area contributed by atoms with Crippen LogP contribution in [0.15, 0.2) is 36.4 Å². The lowest BCUT2D eigenvalue weighted by Gasteiger charge is -2.29. The van der Waals surface area contributed by atoms with Crippen molar-refractivity contribution in [2.75, 3.05) is 13.2 Å². The molecule has 0 saturated carbocycles. The number of carbonyl (C=O) groups is 3. The molecular formula is C23H28N2O5. The summed E-state index contributed by atoms with van der Waals surface area (Å²) in [5.74, 6) is 0.0453. The lowest BCUT2D eigenvalue weighted by molar-refractivity contribution is -0.148. The molecule has 30 heavy (non-hydrogen) atoms. The van der Waals surface area contributed by atoms with Crippen LogP contribution in [0.1, 0.15) is 33.1 Å². The van der Waals surface area contributed by atoms with Gasteiger partial charge >= 0.3 is 0 Å². The summed E-state index contributed by atoms with van der Waals surface area (Å²) >= 11 is 0. The number of nitrogens with one attached hydrogen (secondary N) is 1. The summed E-state index contributed by atoms with van der Waals surface area (Å²) in [7, 11) is 0. The number of ether oxygens (including phenoxy) is 2. The molecule has 0 aromatic heterocycles. The Morgan fingerprint density at radius 1 is 1.10 bits per heavy atom. The van der Waals surface area contributed by atoms with E-state index in [1.807, 2.05) is 50.3 Å². The van der Waals surface area contributed by atoms with Gasteiger partial charge in [-0.05, 0) is 37.3 Å². The highest BCUT2D eigenvalue weighted by Crippen LogP contribution is 2.37. The maximum atomic E-state index is 13.1. The second-order valence-electron chi connectivity index (χ2n) is 8.59. The predicted octanol–water partition coefficient (Wildman–Crippen LogP) is 2.31. The third kappa shape index (κ3) is 3.93. The first kappa shape index (κ1) is 20.4. The van der Waals surface area contributed by atoms with Crippen LogP contribution in [0.5, 0.6) is 11.5 Å². The molecule has 4 atom stereocenters. The molecule has 7 heteroatoms. The molecule has 1 aliphatic carbocycles. The van der Waals surface area contributed by atoms with Gasteiger partial charge in [-0.15, -0.1) is 0 Å². The molecule has 2 aliphatic heterocycles. The summed E-state index contributed by atoms with van der Waals surface area (Å²) < 4.78 is 11.6. The van der Waals surface area contributed by atoms with Gasteiger partial charge in [0.1, 0.15) is 18.8 Å². The van der Waals surface area contributed by atoms with Gasteiger partial charge in [-0.1, -0.05) is 38.1 Å². The number of allylic oxidation sites excluding steroid dienone is 2. The lowest BCUT2D eigenvalue weighted by Crippen LogP contribution is -2.52. The van der Waals surface area contributed by atoms with E-state index in [9.17, 15) is 14.4 Å². The smallest absolute Gasteiger partial charge is 0.243 e. The standard InChI is InChI=1S/C23H28N2O5/c1-14(2)11-18(25-22(27)16-7-3-4-8-17(16)23(25)28)21(26)24-12-15-13-29-19-9-5-6-10-20(19)30-15/h3-6,9-10,14-18H,7-8,11-13H2,1-2H3,(H,24,26)/t15-,16-,17-,18-/m1/s1. The summed E-state index contributed by atoms with van der Waals surface area (Å²) in [5.41, 5.74) is 0. The SMILES string of the molecule is CC(C)C[C@H](C(=O)NC[C@@H]1COc2ccccc2O1)N1C(=O)[C@@H]2CC=CC[C@H]2C1=O. The number of nitrogens with zero attached hydrogens (tertiary/aromatic N) is 1. The van der Waals surface area contributed by atoms with Crippen molar-refractivity contribution in [2.24, 2.45) is 17.8 Å². The van der Waals surface area contributed by atoms with E-state index in [1.165, 1.54) is 4.90 Å². The fourth-order valence-corrected chi connectivity index (χ4v) is 4.41. The molecule has 3 amide bonds. The van der Waals surface area contributed by atoms with Crippen LogP contribution in [-0.4, -0.2) is 47.9 Å². The Kier molecular flexibility index (Phi) is 5.79. The molecule has 7 nitrogen and oxygen atoms in total. The molecular weight excluding hydrogens is 384 g/mol. The summed E-state index contributed by atoms with van der Waals surface area (Å²) in [6.45, 7) is 4.53. The topological polar surface area (TPSA) is 84.9 Å². The summed E-state index contributed by atoms with van der Waals surface area (Å²) in [6, 6.07) is 6.59. The summed E-state index contributed by atoms with van der Waals surface area (Å²) in [6.07, 6.45) is 5.13. The molecule has 0 spiro atoms. The molecule has 4 rings (SSSR count). The van der Waals surface area contributed by atoms with Crippen molar-refractivity contribution in [1.82, 2.24) is 10.2 Å². The van der Waals surface area contributed by atoms with Crippen molar-refractivity contribution in [3.63, 3.8) is 0 Å². The Labute approximate surface area is 176 Å². The van der Waals surface area contributed by atoms with E-state index in [4.69, 9.17) is 9.47 Å². The number of para-hydroxylation sites is 2. The number of carbonyl (C=O) groups excluding carboxylic acids is 3. The second kappa shape index (κ2) is 8.50. The van der Waals surface area contributed by atoms with Gasteiger partial charge in [-0.25, -0.2) is 0 Å². The number of imide groups is 1. The van der Waals surface area contributed by atoms with Crippen LogP contribution in [0.25, 0.3) is 0 Å². The van der Waals surface area contributed by atoms with Crippen LogP contribution < -0.4 is 14.8 Å². The predicted molar refractivity (Wildman–Crippen MR) is 110 cm³/mol. The number of amides is 3. The number of benzene rings is 1. The molecule has 0 radical (unpaired) electrons. The Morgan fingerprint density at radius 3 is 2.37 bits per heavy atom. The largest absolute Gasteiger partial charge is 0.486 e. The minimum absolute atomic E-state index is 0.156. The summed E-state index contributed by atoms with van der Waals surface area (Å²) in [4.78, 5) is 40.2. The lowest BCUT2D eigenvalue weighted by atomic mass is 9.85. The molecule has 2 heterocycles. The molecule has 0 bridgehead atoms. The highest BCUT2D eigenvalue weighted by molar-refractivity contribution is 6.08. The number of likely N-dealkylation sites (tertiary alicyclic amines) is 1. The van der Waals surface area contributed by atoms with Gasteiger partial charge in [-0.3, -0.25) is 19.3 Å². The Hall–Kier alpha value is -2.83. The number of hydrogen-bond donors (Lipinski definition) is 1. The number of rotatable bonds is 6. The zero-order chi connectivity index (χ0) is 21.3. The van der Waals surface area contributed by atoms with Crippen LogP contribution in [0.2, 0.25) is 0 Å². The van der Waals surface area contributed by atoms with E-state index in [1.54, 1.807) is 0 Å². The molecule has 3 aliphatic rings. The van der Waals surface area contributed by atoms with Gasteiger partial charge in [0, 0.05) is 0 Å². The van der Waals surface area contributed by atoms with Gasteiger partial charge < -0.3 is 14.8 Å². The van der Waals surface area contributed by atoms with Crippen molar-refractivity contribution >= 4 is 17.7 Å². The van der Waals surface area contributed by atoms with Crippen LogP contribution in [0, 0.1) is 17.8 Å². The van der Waals surface area contributed by atoms with Gasteiger partial charge in [-0.2, -0.15) is 0 Å². The van der Waals surface area contributed by atoms with Gasteiger partial charge in [0.05, 0.1) is 18.4 Å². The minimum atomic E-state index is -0.799. The van der Waals surface area contributed by atoms with E-state index in [0.29, 0.717) is 37.4 Å². The van der Waals surface area contributed by atoms with Crippen LogP contribution >= 0.6 is 0 Å². The van der Waals surface area contributed by atoms with E-state index in [0.717, 1.165) is 0 Å². The van der Waals surface area contributed by atoms with Crippen LogP contribution in [0.4, 0.5) is 0 Å². The highest BCUT2D eigenvalue weighted by Gasteiger charge is 2.51. The van der Waals surface area contributed by atoms with Crippen molar-refractivity contribution in [1.29, 1.82) is 0 Å². The maximum absolute atomic E-state index is 13.1. The van der Waals surface area contributed by atoms with Crippen molar-refractivity contribution in [2.45, 2.75) is 45.3 Å². The Balaban J connectivity index is 1.43. The second-order valence-corrected chi connectivity index (χ2v) is 8.59. The van der Waals surface area contributed by atoms with Crippen LogP contribution in [0.3, 0.4) is 0 Å². The van der Waals surface area contributed by atoms with Gasteiger partial charge in [0.25, 0.3) is 0 Å². The molecule has 1 saturated heterocycles. The molecule has 160 valence electrons.